The Labute approximate surface area is 173 Å². The number of allylic oxidation sites excluding steroid dienone is 4. The maximum atomic E-state index is 12.0. The van der Waals surface area contributed by atoms with Crippen LogP contribution in [0.3, 0.4) is 0 Å². The van der Waals surface area contributed by atoms with E-state index in [1.165, 1.54) is 29.9 Å². The number of carbonyl (C=O) groups excluding carboxylic acids is 4. The second-order valence-corrected chi connectivity index (χ2v) is 7.49. The van der Waals surface area contributed by atoms with E-state index in [2.05, 4.69) is 17.4 Å². The Morgan fingerprint density at radius 3 is 2.14 bits per heavy atom. The van der Waals surface area contributed by atoms with Gasteiger partial charge in [-0.3, -0.25) is 19.2 Å². The van der Waals surface area contributed by atoms with Crippen molar-refractivity contribution >= 4 is 23.3 Å². The van der Waals surface area contributed by atoms with E-state index in [9.17, 15) is 19.2 Å². The fourth-order valence-corrected chi connectivity index (χ4v) is 3.32. The van der Waals surface area contributed by atoms with Gasteiger partial charge >= 0.3 is 0 Å². The van der Waals surface area contributed by atoms with Gasteiger partial charge in [0.05, 0.1) is 5.92 Å². The van der Waals surface area contributed by atoms with Crippen molar-refractivity contribution in [3.05, 3.63) is 59.7 Å². The normalized spacial score (nSPS) is 19.0. The first-order valence-electron chi connectivity index (χ1n) is 10.2. The van der Waals surface area contributed by atoms with Crippen LogP contribution in [-0.2, 0) is 25.6 Å². The molecule has 0 heterocycles. The highest BCUT2D eigenvalue weighted by molar-refractivity contribution is 6.14. The van der Waals surface area contributed by atoms with Crippen LogP contribution in [0, 0.1) is 5.92 Å². The molecule has 0 aliphatic heterocycles. The van der Waals surface area contributed by atoms with Crippen LogP contribution in [0.5, 0.6) is 0 Å². The van der Waals surface area contributed by atoms with Crippen molar-refractivity contribution in [1.82, 2.24) is 5.32 Å². The van der Waals surface area contributed by atoms with Gasteiger partial charge in [-0.05, 0) is 68.0 Å². The van der Waals surface area contributed by atoms with Gasteiger partial charge in [0.2, 0.25) is 5.91 Å². The Morgan fingerprint density at radius 2 is 1.66 bits per heavy atom. The van der Waals surface area contributed by atoms with Crippen molar-refractivity contribution in [1.29, 1.82) is 0 Å². The fraction of sp³-hybridized carbons (Fsp3) is 0.417. The van der Waals surface area contributed by atoms with Crippen LogP contribution in [0.2, 0.25) is 0 Å². The average molecular weight is 398 g/mol. The summed E-state index contributed by atoms with van der Waals surface area (Å²) in [5, 5.41) is 2.93. The second-order valence-electron chi connectivity index (χ2n) is 7.49. The first-order chi connectivity index (χ1) is 13.9. The summed E-state index contributed by atoms with van der Waals surface area (Å²) in [6, 6.07) is 8.16. The highest BCUT2D eigenvalue weighted by Crippen LogP contribution is 2.25. The predicted octanol–water partition coefficient (Wildman–Crippen LogP) is 3.72. The molecule has 5 nitrogen and oxygen atoms in total. The molecule has 1 saturated carbocycles. The van der Waals surface area contributed by atoms with Crippen LogP contribution in [-0.4, -0.2) is 29.8 Å². The van der Waals surface area contributed by atoms with Gasteiger partial charge in [-0.15, -0.1) is 0 Å². The van der Waals surface area contributed by atoms with E-state index in [1.54, 1.807) is 0 Å². The maximum absolute atomic E-state index is 12.0. The summed E-state index contributed by atoms with van der Waals surface area (Å²) in [6.45, 7) is 4.70. The highest BCUT2D eigenvalue weighted by atomic mass is 16.2. The zero-order valence-electron chi connectivity index (χ0n) is 17.1. The van der Waals surface area contributed by atoms with Gasteiger partial charge in [-0.2, -0.15) is 0 Å². The summed E-state index contributed by atoms with van der Waals surface area (Å²) in [7, 11) is 0. The highest BCUT2D eigenvalue weighted by Gasteiger charge is 2.24. The fourth-order valence-electron chi connectivity index (χ4n) is 3.32. The molecule has 2 atom stereocenters. The van der Waals surface area contributed by atoms with Crippen molar-refractivity contribution in [3.8, 4) is 0 Å². The van der Waals surface area contributed by atoms with Gasteiger partial charge in [-0.25, -0.2) is 0 Å². The molecule has 1 fully saturated rings. The minimum atomic E-state index is -0.126. The summed E-state index contributed by atoms with van der Waals surface area (Å²) in [4.78, 5) is 44.2. The molecule has 2 aliphatic carbocycles. The third-order valence-corrected chi connectivity index (χ3v) is 5.16. The monoisotopic (exact) mass is 397 g/mol. The van der Waals surface area contributed by atoms with Gasteiger partial charge in [0.1, 0.15) is 5.78 Å². The van der Waals surface area contributed by atoms with E-state index in [0.717, 1.165) is 44.2 Å². The number of Topliss-reactive ketones (excluding diaryl/α,β-unsaturated/α-hetero) is 1. The molecule has 5 heteroatoms. The molecule has 1 aromatic carbocycles. The quantitative estimate of drug-likeness (QED) is 0.742. The number of nitrogens with one attached hydrogen (secondary N) is 1. The first-order valence-corrected chi connectivity index (χ1v) is 10.2. The van der Waals surface area contributed by atoms with Gasteiger partial charge in [-0.1, -0.05) is 31.2 Å². The van der Waals surface area contributed by atoms with Crippen molar-refractivity contribution in [2.45, 2.75) is 51.9 Å². The Balaban J connectivity index is 0.000000421. The molecule has 0 radical (unpaired) electrons. The maximum Gasteiger partial charge on any atom is 0.227 e. The lowest BCUT2D eigenvalue weighted by atomic mass is 9.94. The predicted molar refractivity (Wildman–Crippen MR) is 115 cm³/mol. The van der Waals surface area contributed by atoms with Crippen molar-refractivity contribution in [2.75, 3.05) is 6.54 Å². The molecule has 1 N–H and O–H groups in total. The van der Waals surface area contributed by atoms with Gasteiger partial charge in [0, 0.05) is 20.3 Å². The first kappa shape index (κ1) is 22.5. The molecular weight excluding hydrogens is 366 g/mol. The Bertz CT molecular complexity index is 773. The lowest BCUT2D eigenvalue weighted by Crippen LogP contribution is -2.28. The summed E-state index contributed by atoms with van der Waals surface area (Å²) in [6.07, 6.45) is 9.61. The lowest BCUT2D eigenvalue weighted by Gasteiger charge is -2.13. The topological polar surface area (TPSA) is 80.3 Å². The largest absolute Gasteiger partial charge is 0.356 e. The SMILES string of the molecule is CCCNC(=O)C(C)c1ccc(CC2CCCC2=O)cc1.O=C1C=CC(=O)C=C1.[HH]. The lowest BCUT2D eigenvalue weighted by molar-refractivity contribution is -0.122. The third kappa shape index (κ3) is 7.26. The molecule has 0 spiro atoms. The van der Waals surface area contributed by atoms with Gasteiger partial charge < -0.3 is 5.32 Å². The molecule has 156 valence electrons. The number of amides is 1. The number of hydrogen-bond acceptors (Lipinski definition) is 4. The van der Waals surface area contributed by atoms with Gasteiger partial charge in [0.25, 0.3) is 0 Å². The second kappa shape index (κ2) is 11.2. The minimum Gasteiger partial charge on any atom is -0.356 e. The van der Waals surface area contributed by atoms with E-state index in [-0.39, 0.29) is 30.7 Å². The molecule has 1 amide bonds. The van der Waals surface area contributed by atoms with E-state index in [4.69, 9.17) is 0 Å². The minimum absolute atomic E-state index is 0. The number of hydrogen-bond donors (Lipinski definition) is 1. The molecule has 3 rings (SSSR count). The summed E-state index contributed by atoms with van der Waals surface area (Å²) < 4.78 is 0. The van der Waals surface area contributed by atoms with Gasteiger partial charge in [0.15, 0.2) is 11.6 Å². The van der Waals surface area contributed by atoms with Crippen molar-refractivity contribution in [3.63, 3.8) is 0 Å². The van der Waals surface area contributed by atoms with Crippen molar-refractivity contribution in [2.24, 2.45) is 5.92 Å². The van der Waals surface area contributed by atoms with Crippen LogP contribution >= 0.6 is 0 Å². The van der Waals surface area contributed by atoms with Crippen LogP contribution in [0.1, 0.15) is 58.0 Å². The van der Waals surface area contributed by atoms with Crippen LogP contribution in [0.15, 0.2) is 48.6 Å². The van der Waals surface area contributed by atoms with E-state index in [1.807, 2.05) is 26.0 Å². The molecule has 1 aromatic rings. The van der Waals surface area contributed by atoms with Crippen LogP contribution in [0.25, 0.3) is 0 Å². The molecule has 0 aromatic heterocycles. The molecule has 2 aliphatic rings. The number of rotatable bonds is 6. The Hall–Kier alpha value is -2.82. The molecular formula is C24H31NO4. The average Bonchev–Trinajstić information content (AvgIpc) is 3.13. The Kier molecular flexibility index (Phi) is 8.71. The summed E-state index contributed by atoms with van der Waals surface area (Å²) >= 11 is 0. The molecule has 29 heavy (non-hydrogen) atoms. The molecule has 0 bridgehead atoms. The molecule has 2 unspecified atom stereocenters. The van der Waals surface area contributed by atoms with Crippen LogP contribution < -0.4 is 5.32 Å². The van der Waals surface area contributed by atoms with Crippen molar-refractivity contribution < 1.29 is 20.6 Å². The standard InChI is InChI=1S/C18H25NO2.C6H4O2.H2/c1-3-11-19-18(21)13(2)15-9-7-14(8-10-15)12-16-5-4-6-17(16)20;7-5-1-2-6(8)4-3-5;/h7-10,13,16H,3-6,11-12H2,1-2H3,(H,19,21);1-4H;1H. The zero-order chi connectivity index (χ0) is 21.2. The summed E-state index contributed by atoms with van der Waals surface area (Å²) in [5.74, 6) is 0.330. The number of carbonyl (C=O) groups is 4. The van der Waals surface area contributed by atoms with Crippen LogP contribution in [0.4, 0.5) is 0 Å². The summed E-state index contributed by atoms with van der Waals surface area (Å²) in [5.41, 5.74) is 2.23. The number of benzene rings is 1. The Morgan fingerprint density at radius 1 is 1.07 bits per heavy atom. The van der Waals surface area contributed by atoms with E-state index >= 15 is 0 Å². The zero-order valence-corrected chi connectivity index (χ0v) is 17.1. The van der Waals surface area contributed by atoms with E-state index in [0.29, 0.717) is 5.78 Å². The number of ketones is 3. The molecule has 0 saturated heterocycles. The smallest absolute Gasteiger partial charge is 0.227 e. The third-order valence-electron chi connectivity index (χ3n) is 5.16. The van der Waals surface area contributed by atoms with E-state index < -0.39 is 0 Å².